The normalized spacial score (nSPS) is 23.1. The van der Waals surface area contributed by atoms with Crippen LogP contribution in [0.5, 0.6) is 0 Å². The van der Waals surface area contributed by atoms with E-state index in [0.717, 1.165) is 4.31 Å². The van der Waals surface area contributed by atoms with Gasteiger partial charge < -0.3 is 10.5 Å². The van der Waals surface area contributed by atoms with E-state index in [4.69, 9.17) is 10.5 Å². The zero-order chi connectivity index (χ0) is 19.0. The standard InChI is InChI=1S/C14H23N5O4S2/c1-6-14(10-16-9(15)7-24-10)8-25(21,22)19(5)11(18-14)17-12(20)23-13(2,3)4/h7H,6,8,15H2,1-5H3,(H,17,18,20)/t14-/m0/s1. The van der Waals surface area contributed by atoms with Crippen LogP contribution in [-0.2, 0) is 20.3 Å². The van der Waals surface area contributed by atoms with Gasteiger partial charge in [-0.3, -0.25) is 5.32 Å². The van der Waals surface area contributed by atoms with Crippen LogP contribution < -0.4 is 11.1 Å². The second-order valence-electron chi connectivity index (χ2n) is 6.75. The summed E-state index contributed by atoms with van der Waals surface area (Å²) in [5.74, 6) is -0.0449. The lowest BCUT2D eigenvalue weighted by molar-refractivity contribution is 0.0559. The van der Waals surface area contributed by atoms with Crippen molar-refractivity contribution in [2.45, 2.75) is 45.3 Å². The van der Waals surface area contributed by atoms with Gasteiger partial charge in [0.25, 0.3) is 0 Å². The summed E-state index contributed by atoms with van der Waals surface area (Å²) < 4.78 is 31.4. The number of ether oxygens (including phenoxy) is 1. The molecule has 25 heavy (non-hydrogen) atoms. The smallest absolute Gasteiger partial charge is 0.414 e. The minimum Gasteiger partial charge on any atom is -0.444 e. The maximum atomic E-state index is 12.6. The first-order valence-electron chi connectivity index (χ1n) is 7.66. The number of carbonyl (C=O) groups is 1. The predicted octanol–water partition coefficient (Wildman–Crippen LogP) is 1.49. The van der Waals surface area contributed by atoms with E-state index in [1.54, 1.807) is 26.2 Å². The highest BCUT2D eigenvalue weighted by Gasteiger charge is 2.45. The summed E-state index contributed by atoms with van der Waals surface area (Å²) in [6.07, 6.45) is -0.397. The topological polar surface area (TPSA) is 127 Å². The van der Waals surface area contributed by atoms with Crippen LogP contribution in [-0.4, -0.2) is 48.2 Å². The molecule has 1 amide bonds. The van der Waals surface area contributed by atoms with E-state index in [-0.39, 0.29) is 11.7 Å². The monoisotopic (exact) mass is 389 g/mol. The van der Waals surface area contributed by atoms with Crippen molar-refractivity contribution in [3.05, 3.63) is 10.4 Å². The highest BCUT2D eigenvalue weighted by Crippen LogP contribution is 2.37. The molecule has 0 saturated heterocycles. The van der Waals surface area contributed by atoms with Gasteiger partial charge in [0, 0.05) is 12.4 Å². The lowest BCUT2D eigenvalue weighted by atomic mass is 10.0. The second kappa shape index (κ2) is 6.45. The van der Waals surface area contributed by atoms with Crippen molar-refractivity contribution in [1.82, 2.24) is 14.6 Å². The number of sulfonamides is 1. The number of guanidine groups is 1. The highest BCUT2D eigenvalue weighted by atomic mass is 32.2. The van der Waals surface area contributed by atoms with E-state index in [1.807, 2.05) is 6.92 Å². The van der Waals surface area contributed by atoms with Crippen LogP contribution in [0.4, 0.5) is 10.6 Å². The minimum absolute atomic E-state index is 0.101. The third-order valence-electron chi connectivity index (χ3n) is 3.57. The quantitative estimate of drug-likeness (QED) is 0.789. The maximum absolute atomic E-state index is 12.6. The van der Waals surface area contributed by atoms with Gasteiger partial charge in [0.1, 0.15) is 27.7 Å². The maximum Gasteiger partial charge on any atom is 0.414 e. The molecular formula is C14H23N5O4S2. The summed E-state index contributed by atoms with van der Waals surface area (Å²) in [5, 5.41) is 4.55. The van der Waals surface area contributed by atoms with Gasteiger partial charge in [0.2, 0.25) is 16.0 Å². The lowest BCUT2D eigenvalue weighted by Gasteiger charge is -2.36. The van der Waals surface area contributed by atoms with Crippen LogP contribution in [0, 0.1) is 0 Å². The van der Waals surface area contributed by atoms with Crippen molar-refractivity contribution in [1.29, 1.82) is 0 Å². The number of nitrogens with two attached hydrogens (primary N) is 1. The largest absolute Gasteiger partial charge is 0.444 e. The Labute approximate surface area is 151 Å². The first-order valence-corrected chi connectivity index (χ1v) is 10.2. The third-order valence-corrected chi connectivity index (χ3v) is 6.48. The lowest BCUT2D eigenvalue weighted by Crippen LogP contribution is -2.54. The van der Waals surface area contributed by atoms with Crippen molar-refractivity contribution >= 4 is 39.2 Å². The van der Waals surface area contributed by atoms with Crippen LogP contribution in [0.3, 0.4) is 0 Å². The van der Waals surface area contributed by atoms with Crippen molar-refractivity contribution in [2.75, 3.05) is 18.5 Å². The van der Waals surface area contributed by atoms with Crippen LogP contribution >= 0.6 is 11.3 Å². The van der Waals surface area contributed by atoms with Crippen LogP contribution in [0.1, 0.15) is 39.1 Å². The van der Waals surface area contributed by atoms with Crippen molar-refractivity contribution in [3.63, 3.8) is 0 Å². The molecule has 1 aliphatic rings. The van der Waals surface area contributed by atoms with Gasteiger partial charge >= 0.3 is 6.09 Å². The van der Waals surface area contributed by atoms with Gasteiger partial charge in [-0.25, -0.2) is 27.5 Å². The predicted molar refractivity (Wildman–Crippen MR) is 96.8 cm³/mol. The Kier molecular flexibility index (Phi) is 5.01. The second-order valence-corrected chi connectivity index (χ2v) is 9.61. The number of aliphatic imine (C=N–C) groups is 1. The molecule has 11 heteroatoms. The zero-order valence-corrected chi connectivity index (χ0v) is 16.5. The number of nitrogen functional groups attached to an aromatic ring is 1. The number of thiazole rings is 1. The Hall–Kier alpha value is -1.88. The number of hydrogen-bond acceptors (Lipinski definition) is 8. The number of nitrogens with one attached hydrogen (secondary N) is 1. The number of nitrogens with zero attached hydrogens (tertiary/aromatic N) is 3. The summed E-state index contributed by atoms with van der Waals surface area (Å²) >= 11 is 1.24. The van der Waals surface area contributed by atoms with Gasteiger partial charge in [-0.15, -0.1) is 11.3 Å². The molecule has 0 radical (unpaired) electrons. The molecule has 0 bridgehead atoms. The Morgan fingerprint density at radius 2 is 2.16 bits per heavy atom. The van der Waals surface area contributed by atoms with E-state index in [9.17, 15) is 13.2 Å². The van der Waals surface area contributed by atoms with E-state index in [0.29, 0.717) is 17.2 Å². The van der Waals surface area contributed by atoms with E-state index in [2.05, 4.69) is 15.3 Å². The molecule has 0 saturated carbocycles. The Balaban J connectivity index is 2.45. The first kappa shape index (κ1) is 19.4. The summed E-state index contributed by atoms with van der Waals surface area (Å²) in [7, 11) is -2.37. The Morgan fingerprint density at radius 3 is 2.64 bits per heavy atom. The van der Waals surface area contributed by atoms with Crippen molar-refractivity contribution < 1.29 is 17.9 Å². The average Bonchev–Trinajstić information content (AvgIpc) is 2.88. The molecule has 9 nitrogen and oxygen atoms in total. The molecule has 3 N–H and O–H groups in total. The molecule has 0 aromatic carbocycles. The number of rotatable bonds is 2. The number of alkyl carbamates (subject to hydrolysis) is 1. The SMILES string of the molecule is CC[C@@]1(c2nc(N)cs2)CS(=O)(=O)N(C)C(NC(=O)OC(C)(C)C)=N1. The summed E-state index contributed by atoms with van der Waals surface area (Å²) in [4.78, 5) is 20.8. The molecule has 0 spiro atoms. The van der Waals surface area contributed by atoms with Crippen LogP contribution in [0.2, 0.25) is 0 Å². The number of carbonyl (C=O) groups excluding carboxylic acids is 1. The summed E-state index contributed by atoms with van der Waals surface area (Å²) in [6.45, 7) is 6.95. The fourth-order valence-electron chi connectivity index (χ4n) is 2.28. The molecule has 140 valence electrons. The molecule has 1 atom stereocenters. The van der Waals surface area contributed by atoms with Crippen LogP contribution in [0.15, 0.2) is 10.4 Å². The van der Waals surface area contributed by atoms with Gasteiger partial charge in [-0.2, -0.15) is 0 Å². The molecule has 0 unspecified atom stereocenters. The number of hydrogen-bond donors (Lipinski definition) is 2. The van der Waals surface area contributed by atoms with Gasteiger partial charge in [0.15, 0.2) is 0 Å². The minimum atomic E-state index is -3.70. The molecule has 2 rings (SSSR count). The third kappa shape index (κ3) is 4.21. The highest BCUT2D eigenvalue weighted by molar-refractivity contribution is 7.89. The molecular weight excluding hydrogens is 366 g/mol. The number of amides is 1. The van der Waals surface area contributed by atoms with E-state index >= 15 is 0 Å². The molecule has 2 heterocycles. The fourth-order valence-corrected chi connectivity index (χ4v) is 4.85. The number of anilines is 1. The van der Waals surface area contributed by atoms with Crippen LogP contribution in [0.25, 0.3) is 0 Å². The average molecular weight is 390 g/mol. The summed E-state index contributed by atoms with van der Waals surface area (Å²) in [5.41, 5.74) is 3.86. The van der Waals surface area contributed by atoms with Crippen molar-refractivity contribution in [2.24, 2.45) is 4.99 Å². The fraction of sp³-hybridized carbons (Fsp3) is 0.643. The molecule has 1 aliphatic heterocycles. The molecule has 0 fully saturated rings. The number of aromatic nitrogens is 1. The van der Waals surface area contributed by atoms with E-state index < -0.39 is 27.3 Å². The molecule has 1 aromatic rings. The molecule has 0 aliphatic carbocycles. The first-order chi connectivity index (χ1) is 11.4. The van der Waals surface area contributed by atoms with Crippen molar-refractivity contribution in [3.8, 4) is 0 Å². The van der Waals surface area contributed by atoms with E-state index in [1.165, 1.54) is 18.4 Å². The van der Waals surface area contributed by atoms with Gasteiger partial charge in [0.05, 0.1) is 0 Å². The Bertz CT molecular complexity index is 796. The summed E-state index contributed by atoms with van der Waals surface area (Å²) in [6, 6.07) is 0. The van der Waals surface area contributed by atoms with Gasteiger partial charge in [-0.05, 0) is 27.2 Å². The van der Waals surface area contributed by atoms with Gasteiger partial charge in [-0.1, -0.05) is 6.92 Å². The molecule has 1 aromatic heterocycles. The zero-order valence-electron chi connectivity index (χ0n) is 14.9. The Morgan fingerprint density at radius 1 is 1.52 bits per heavy atom.